The molecule has 0 N–H and O–H groups in total. The summed E-state index contributed by atoms with van der Waals surface area (Å²) < 4.78 is 5.47. The van der Waals surface area contributed by atoms with Gasteiger partial charge in [-0.05, 0) is 0 Å². The van der Waals surface area contributed by atoms with Gasteiger partial charge in [0.05, 0.1) is 0 Å². The van der Waals surface area contributed by atoms with Crippen LogP contribution < -0.4 is 0 Å². The molecular formula is C37H20N2Se. The number of fused-ring (bicyclic) bond motifs is 13. The molecule has 1 aliphatic carbocycles. The average molecular weight is 572 g/mol. The first-order valence-electron chi connectivity index (χ1n) is 13.6. The Bertz CT molecular complexity index is 2520. The van der Waals surface area contributed by atoms with Gasteiger partial charge in [0.2, 0.25) is 0 Å². The van der Waals surface area contributed by atoms with Gasteiger partial charge in [0.1, 0.15) is 0 Å². The maximum absolute atomic E-state index is 4.60. The SMILES string of the molecule is c1ccc2c(c1)-c1cccc3c(-n4c5ccccc5c5c6ccncc6c6[se]c7ccccc7c6c54)ccc-2c13. The topological polar surface area (TPSA) is 17.8 Å². The molecule has 0 aliphatic heterocycles. The van der Waals surface area contributed by atoms with Gasteiger partial charge in [-0.25, -0.2) is 0 Å². The Labute approximate surface area is 235 Å². The number of para-hydroxylation sites is 1. The van der Waals surface area contributed by atoms with E-state index in [0.717, 1.165) is 0 Å². The summed E-state index contributed by atoms with van der Waals surface area (Å²) in [6.45, 7) is 0. The molecule has 3 heteroatoms. The molecule has 0 saturated heterocycles. The molecule has 9 aromatic rings. The molecule has 0 spiro atoms. The van der Waals surface area contributed by atoms with Crippen molar-refractivity contribution in [3.05, 3.63) is 122 Å². The van der Waals surface area contributed by atoms with Crippen molar-refractivity contribution in [2.24, 2.45) is 0 Å². The van der Waals surface area contributed by atoms with Crippen LogP contribution in [-0.2, 0) is 0 Å². The summed E-state index contributed by atoms with van der Waals surface area (Å²) >= 11 is 0.229. The van der Waals surface area contributed by atoms with Crippen molar-refractivity contribution < 1.29 is 0 Å². The van der Waals surface area contributed by atoms with Crippen LogP contribution in [0.15, 0.2) is 122 Å². The Morgan fingerprint density at radius 3 is 2.12 bits per heavy atom. The third-order valence-corrected chi connectivity index (χ3v) is 11.3. The molecule has 0 radical (unpaired) electrons. The molecule has 0 bridgehead atoms. The van der Waals surface area contributed by atoms with Gasteiger partial charge in [0, 0.05) is 0 Å². The Balaban J connectivity index is 1.49. The van der Waals surface area contributed by atoms with E-state index in [4.69, 9.17) is 0 Å². The predicted molar refractivity (Wildman–Crippen MR) is 170 cm³/mol. The zero-order valence-electron chi connectivity index (χ0n) is 21.3. The van der Waals surface area contributed by atoms with Crippen LogP contribution in [0.2, 0.25) is 0 Å². The summed E-state index contributed by atoms with van der Waals surface area (Å²) in [7, 11) is 0. The normalized spacial score (nSPS) is 12.5. The molecule has 0 fully saturated rings. The average Bonchev–Trinajstić information content (AvgIpc) is 3.67. The van der Waals surface area contributed by atoms with Gasteiger partial charge in [-0.3, -0.25) is 0 Å². The number of rotatable bonds is 1. The summed E-state index contributed by atoms with van der Waals surface area (Å²) in [6.07, 6.45) is 4.04. The number of pyridine rings is 1. The molecule has 0 saturated carbocycles. The first-order valence-corrected chi connectivity index (χ1v) is 15.4. The summed E-state index contributed by atoms with van der Waals surface area (Å²) in [5.74, 6) is 0. The molecule has 184 valence electrons. The monoisotopic (exact) mass is 572 g/mol. The van der Waals surface area contributed by atoms with E-state index in [1.54, 1.807) is 0 Å². The van der Waals surface area contributed by atoms with Gasteiger partial charge in [0.25, 0.3) is 0 Å². The molecular weight excluding hydrogens is 551 g/mol. The second-order valence-electron chi connectivity index (χ2n) is 10.7. The molecule has 1 aliphatic rings. The van der Waals surface area contributed by atoms with Crippen LogP contribution in [0.1, 0.15) is 0 Å². The Hall–Kier alpha value is -4.69. The van der Waals surface area contributed by atoms with Crippen LogP contribution in [0, 0.1) is 0 Å². The molecule has 0 unspecified atom stereocenters. The summed E-state index contributed by atoms with van der Waals surface area (Å²) in [4.78, 5) is 4.60. The van der Waals surface area contributed by atoms with Crippen molar-refractivity contribution in [3.63, 3.8) is 0 Å². The van der Waals surface area contributed by atoms with E-state index in [-0.39, 0.29) is 14.5 Å². The number of benzene rings is 6. The quantitative estimate of drug-likeness (QED) is 0.180. The van der Waals surface area contributed by atoms with Crippen molar-refractivity contribution in [1.82, 2.24) is 9.55 Å². The molecule has 40 heavy (non-hydrogen) atoms. The van der Waals surface area contributed by atoms with Gasteiger partial charge in [-0.1, -0.05) is 0 Å². The summed E-state index contributed by atoms with van der Waals surface area (Å²) in [6, 6.07) is 40.5. The Kier molecular flexibility index (Phi) is 3.96. The number of aromatic nitrogens is 2. The van der Waals surface area contributed by atoms with Crippen molar-refractivity contribution in [3.8, 4) is 27.9 Å². The summed E-state index contributed by atoms with van der Waals surface area (Å²) in [5, 5.41) is 10.6. The predicted octanol–water partition coefficient (Wildman–Crippen LogP) is 9.50. The van der Waals surface area contributed by atoms with Crippen LogP contribution in [-0.4, -0.2) is 24.1 Å². The van der Waals surface area contributed by atoms with Crippen molar-refractivity contribution in [1.29, 1.82) is 0 Å². The molecule has 3 aromatic heterocycles. The van der Waals surface area contributed by atoms with Crippen molar-refractivity contribution >= 4 is 77.1 Å². The molecule has 6 aromatic carbocycles. The van der Waals surface area contributed by atoms with Crippen LogP contribution >= 0.6 is 0 Å². The zero-order valence-corrected chi connectivity index (χ0v) is 23.1. The first kappa shape index (κ1) is 21.2. The zero-order chi connectivity index (χ0) is 25.9. The fraction of sp³-hybridized carbons (Fsp3) is 0. The fourth-order valence-corrected chi connectivity index (χ4v) is 9.83. The molecule has 0 atom stereocenters. The van der Waals surface area contributed by atoms with E-state index in [1.165, 1.54) is 90.6 Å². The van der Waals surface area contributed by atoms with Gasteiger partial charge in [0.15, 0.2) is 0 Å². The van der Waals surface area contributed by atoms with Crippen LogP contribution in [0.5, 0.6) is 0 Å². The minimum atomic E-state index is 0.229. The van der Waals surface area contributed by atoms with E-state index in [2.05, 4.69) is 125 Å². The second kappa shape index (κ2) is 7.49. The van der Waals surface area contributed by atoms with E-state index < -0.39 is 0 Å². The third-order valence-electron chi connectivity index (χ3n) is 8.81. The molecule has 2 nitrogen and oxygen atoms in total. The van der Waals surface area contributed by atoms with Crippen LogP contribution in [0.3, 0.4) is 0 Å². The number of hydrogen-bond donors (Lipinski definition) is 0. The number of nitrogens with zero attached hydrogens (tertiary/aromatic N) is 2. The Morgan fingerprint density at radius 2 is 1.23 bits per heavy atom. The maximum atomic E-state index is 4.60. The standard InChI is InChI=1S/C37H20N2Se/c1-2-9-22-21(8-1)23-12-7-13-26-31(17-16-24(22)33(23)26)39-30-14-5-3-10-27(30)34-25-18-19-38-20-29(25)37-35(36(34)39)28-11-4-6-15-32(28)40-37/h1-20H. The van der Waals surface area contributed by atoms with Gasteiger partial charge >= 0.3 is 236 Å². The van der Waals surface area contributed by atoms with E-state index in [9.17, 15) is 0 Å². The Morgan fingerprint density at radius 1 is 0.500 bits per heavy atom. The van der Waals surface area contributed by atoms with Crippen LogP contribution in [0.4, 0.5) is 0 Å². The molecule has 0 amide bonds. The fourth-order valence-electron chi connectivity index (χ4n) is 7.25. The van der Waals surface area contributed by atoms with E-state index in [0.29, 0.717) is 0 Å². The van der Waals surface area contributed by atoms with Gasteiger partial charge in [-0.2, -0.15) is 0 Å². The third kappa shape index (κ3) is 2.48. The van der Waals surface area contributed by atoms with Crippen molar-refractivity contribution in [2.45, 2.75) is 0 Å². The van der Waals surface area contributed by atoms with Gasteiger partial charge in [-0.15, -0.1) is 0 Å². The minimum absolute atomic E-state index is 0.229. The van der Waals surface area contributed by atoms with Crippen LogP contribution in [0.25, 0.3) is 90.6 Å². The van der Waals surface area contributed by atoms with Gasteiger partial charge < -0.3 is 0 Å². The van der Waals surface area contributed by atoms with E-state index in [1.807, 2.05) is 6.20 Å². The van der Waals surface area contributed by atoms with Crippen molar-refractivity contribution in [2.75, 3.05) is 0 Å². The molecule has 10 rings (SSSR count). The number of hydrogen-bond acceptors (Lipinski definition) is 1. The summed E-state index contributed by atoms with van der Waals surface area (Å²) in [5.41, 5.74) is 9.14. The second-order valence-corrected chi connectivity index (χ2v) is 12.9. The van der Waals surface area contributed by atoms with E-state index >= 15 is 0 Å². The first-order chi connectivity index (χ1) is 19.9. The molecule has 3 heterocycles.